The maximum absolute atomic E-state index is 12.2. The fourth-order valence-electron chi connectivity index (χ4n) is 2.81. The first-order valence-corrected chi connectivity index (χ1v) is 7.47. The molecule has 2 aromatic rings. The lowest BCUT2D eigenvalue weighted by Crippen LogP contribution is -2.24. The highest BCUT2D eigenvalue weighted by Gasteiger charge is 2.30. The predicted octanol–water partition coefficient (Wildman–Crippen LogP) is 2.14. The summed E-state index contributed by atoms with van der Waals surface area (Å²) in [6.07, 6.45) is 2.98. The molecule has 114 valence electrons. The molecule has 1 saturated heterocycles. The van der Waals surface area contributed by atoms with Gasteiger partial charge in [-0.25, -0.2) is 9.97 Å². The summed E-state index contributed by atoms with van der Waals surface area (Å²) < 4.78 is 0. The molecule has 0 N–H and O–H groups in total. The molecule has 0 spiro atoms. The third-order valence-electron chi connectivity index (χ3n) is 3.94. The molecule has 1 fully saturated rings. The molecule has 1 aliphatic heterocycles. The molecule has 0 saturated carbocycles. The molecule has 1 unspecified atom stereocenters. The lowest BCUT2D eigenvalue weighted by Gasteiger charge is -2.17. The summed E-state index contributed by atoms with van der Waals surface area (Å²) in [5.41, 5.74) is 1.97. The molecule has 1 amide bonds. The zero-order chi connectivity index (χ0) is 15.5. The summed E-state index contributed by atoms with van der Waals surface area (Å²) >= 11 is 0. The van der Waals surface area contributed by atoms with Gasteiger partial charge < -0.3 is 9.80 Å². The topological polar surface area (TPSA) is 49.3 Å². The van der Waals surface area contributed by atoms with E-state index in [2.05, 4.69) is 9.97 Å². The Hall–Kier alpha value is -2.43. The van der Waals surface area contributed by atoms with Gasteiger partial charge in [0.15, 0.2) is 0 Å². The maximum Gasteiger partial charge on any atom is 0.227 e. The largest absolute Gasteiger partial charge is 0.363 e. The molecule has 5 nitrogen and oxygen atoms in total. The number of rotatable bonds is 4. The van der Waals surface area contributed by atoms with E-state index in [1.807, 2.05) is 60.3 Å². The summed E-state index contributed by atoms with van der Waals surface area (Å²) in [5.74, 6) is 1.39. The Kier molecular flexibility index (Phi) is 4.04. The average molecular weight is 296 g/mol. The van der Waals surface area contributed by atoms with Crippen molar-refractivity contribution in [2.75, 3.05) is 30.4 Å². The third kappa shape index (κ3) is 3.08. The number of amides is 1. The van der Waals surface area contributed by atoms with Gasteiger partial charge in [0.2, 0.25) is 5.91 Å². The number of carbonyl (C=O) groups excluding carboxylic acids is 1. The van der Waals surface area contributed by atoms with Crippen molar-refractivity contribution in [1.82, 2.24) is 9.97 Å². The molecule has 1 atom stereocenters. The van der Waals surface area contributed by atoms with E-state index in [0.717, 1.165) is 30.2 Å². The first-order valence-electron chi connectivity index (χ1n) is 7.47. The van der Waals surface area contributed by atoms with Crippen LogP contribution in [0.5, 0.6) is 0 Å². The predicted molar refractivity (Wildman–Crippen MR) is 87.0 cm³/mol. The maximum atomic E-state index is 12.2. The molecule has 3 rings (SSSR count). The van der Waals surface area contributed by atoms with Crippen molar-refractivity contribution in [3.8, 4) is 0 Å². The Balaban J connectivity index is 1.70. The summed E-state index contributed by atoms with van der Waals surface area (Å²) in [5, 5.41) is 0. The monoisotopic (exact) mass is 296 g/mol. The van der Waals surface area contributed by atoms with Crippen molar-refractivity contribution in [1.29, 1.82) is 0 Å². The molecule has 1 aliphatic rings. The number of hydrogen-bond donors (Lipinski definition) is 0. The smallest absolute Gasteiger partial charge is 0.227 e. The van der Waals surface area contributed by atoms with Gasteiger partial charge in [-0.3, -0.25) is 4.79 Å². The van der Waals surface area contributed by atoms with Crippen molar-refractivity contribution >= 4 is 17.4 Å². The number of benzene rings is 1. The first kappa shape index (κ1) is 14.5. The molecular weight excluding hydrogens is 276 g/mol. The number of carbonyl (C=O) groups is 1. The lowest BCUT2D eigenvalue weighted by molar-refractivity contribution is -0.117. The van der Waals surface area contributed by atoms with Crippen LogP contribution in [0, 0.1) is 5.92 Å². The van der Waals surface area contributed by atoms with Crippen LogP contribution >= 0.6 is 0 Å². The number of aromatic nitrogens is 2. The van der Waals surface area contributed by atoms with Gasteiger partial charge in [-0.15, -0.1) is 0 Å². The average Bonchev–Trinajstić information content (AvgIpc) is 2.89. The lowest BCUT2D eigenvalue weighted by atomic mass is 10.0. The number of para-hydroxylation sites is 1. The van der Waals surface area contributed by atoms with Crippen LogP contribution in [-0.2, 0) is 11.2 Å². The number of anilines is 2. The normalized spacial score (nSPS) is 17.8. The molecule has 2 heterocycles. The fourth-order valence-corrected chi connectivity index (χ4v) is 2.81. The molecule has 1 aromatic carbocycles. The SMILES string of the molecule is CN(C)c1cc(CC2CC(=O)N(c3ccccc3)C2)ncn1. The molecular formula is C17H20N4O. The van der Waals surface area contributed by atoms with Gasteiger partial charge in [-0.1, -0.05) is 18.2 Å². The van der Waals surface area contributed by atoms with Crippen molar-refractivity contribution < 1.29 is 4.79 Å². The van der Waals surface area contributed by atoms with Crippen molar-refractivity contribution in [2.45, 2.75) is 12.8 Å². The van der Waals surface area contributed by atoms with E-state index in [1.165, 1.54) is 0 Å². The zero-order valence-corrected chi connectivity index (χ0v) is 12.9. The number of nitrogens with zero attached hydrogens (tertiary/aromatic N) is 4. The third-order valence-corrected chi connectivity index (χ3v) is 3.94. The highest BCUT2D eigenvalue weighted by Crippen LogP contribution is 2.27. The molecule has 22 heavy (non-hydrogen) atoms. The molecule has 1 aromatic heterocycles. The van der Waals surface area contributed by atoms with Crippen LogP contribution in [0.4, 0.5) is 11.5 Å². The van der Waals surface area contributed by atoms with E-state index in [9.17, 15) is 4.79 Å². The van der Waals surface area contributed by atoms with E-state index in [4.69, 9.17) is 0 Å². The van der Waals surface area contributed by atoms with Gasteiger partial charge >= 0.3 is 0 Å². The Morgan fingerprint density at radius 1 is 1.23 bits per heavy atom. The Morgan fingerprint density at radius 3 is 2.73 bits per heavy atom. The van der Waals surface area contributed by atoms with Crippen LogP contribution in [0.2, 0.25) is 0 Å². The van der Waals surface area contributed by atoms with Gasteiger partial charge in [0.1, 0.15) is 12.1 Å². The Morgan fingerprint density at radius 2 is 2.00 bits per heavy atom. The number of hydrogen-bond acceptors (Lipinski definition) is 4. The van der Waals surface area contributed by atoms with E-state index in [-0.39, 0.29) is 5.91 Å². The standard InChI is InChI=1S/C17H20N4O/c1-20(2)16-10-14(18-12-19-16)8-13-9-17(22)21(11-13)15-6-4-3-5-7-15/h3-7,10,12-13H,8-9,11H2,1-2H3. The molecule has 0 aliphatic carbocycles. The van der Waals surface area contributed by atoms with Crippen LogP contribution in [-0.4, -0.2) is 36.5 Å². The van der Waals surface area contributed by atoms with Crippen LogP contribution < -0.4 is 9.80 Å². The zero-order valence-electron chi connectivity index (χ0n) is 12.9. The van der Waals surface area contributed by atoms with E-state index in [0.29, 0.717) is 12.3 Å². The second kappa shape index (κ2) is 6.13. The Labute approximate surface area is 130 Å². The summed E-state index contributed by atoms with van der Waals surface area (Å²) in [4.78, 5) is 24.6. The van der Waals surface area contributed by atoms with Gasteiger partial charge in [0, 0.05) is 44.5 Å². The minimum absolute atomic E-state index is 0.193. The summed E-state index contributed by atoms with van der Waals surface area (Å²) in [6.45, 7) is 0.754. The van der Waals surface area contributed by atoms with E-state index < -0.39 is 0 Å². The van der Waals surface area contributed by atoms with Gasteiger partial charge in [0.05, 0.1) is 0 Å². The van der Waals surface area contributed by atoms with E-state index in [1.54, 1.807) is 6.33 Å². The highest BCUT2D eigenvalue weighted by atomic mass is 16.2. The fraction of sp³-hybridized carbons (Fsp3) is 0.353. The van der Waals surface area contributed by atoms with Crippen molar-refractivity contribution in [2.24, 2.45) is 5.92 Å². The summed E-state index contributed by atoms with van der Waals surface area (Å²) in [7, 11) is 3.92. The van der Waals surface area contributed by atoms with Gasteiger partial charge in [-0.2, -0.15) is 0 Å². The second-order valence-corrected chi connectivity index (χ2v) is 5.88. The van der Waals surface area contributed by atoms with Crippen molar-refractivity contribution in [3.05, 3.63) is 48.4 Å². The van der Waals surface area contributed by atoms with E-state index >= 15 is 0 Å². The minimum atomic E-state index is 0.193. The molecule has 0 radical (unpaired) electrons. The first-order chi connectivity index (χ1) is 10.6. The van der Waals surface area contributed by atoms with Crippen LogP contribution in [0.3, 0.4) is 0 Å². The van der Waals surface area contributed by atoms with Gasteiger partial charge in [0.25, 0.3) is 0 Å². The highest BCUT2D eigenvalue weighted by molar-refractivity contribution is 5.95. The quantitative estimate of drug-likeness (QED) is 0.867. The van der Waals surface area contributed by atoms with Gasteiger partial charge in [-0.05, 0) is 24.5 Å². The van der Waals surface area contributed by atoms with Crippen LogP contribution in [0.25, 0.3) is 0 Å². The Bertz CT molecular complexity index is 657. The van der Waals surface area contributed by atoms with Crippen LogP contribution in [0.1, 0.15) is 12.1 Å². The second-order valence-electron chi connectivity index (χ2n) is 5.88. The minimum Gasteiger partial charge on any atom is -0.363 e. The molecule has 0 bridgehead atoms. The van der Waals surface area contributed by atoms with Crippen LogP contribution in [0.15, 0.2) is 42.7 Å². The molecule has 5 heteroatoms. The summed E-state index contributed by atoms with van der Waals surface area (Å²) in [6, 6.07) is 11.8. The van der Waals surface area contributed by atoms with Crippen molar-refractivity contribution in [3.63, 3.8) is 0 Å².